The number of carboxylic acid groups (broad SMARTS) is 1. The quantitative estimate of drug-likeness (QED) is 0.456. The van der Waals surface area contributed by atoms with Gasteiger partial charge in [0, 0.05) is 0 Å². The summed E-state index contributed by atoms with van der Waals surface area (Å²) >= 11 is 0. The number of benzene rings is 1. The number of carbonyl (C=O) groups is 1. The van der Waals surface area contributed by atoms with Gasteiger partial charge in [-0.15, -0.1) is 0 Å². The third-order valence-electron chi connectivity index (χ3n) is 3.18. The number of hydrogen-bond donors (Lipinski definition) is 5. The minimum atomic E-state index is -1.55. The Balaban J connectivity index is 2.14. The molecule has 1 heterocycles. The highest BCUT2D eigenvalue weighted by atomic mass is 16.7. The monoisotopic (exact) mass is 300 g/mol. The smallest absolute Gasteiger partial charge is 0.335 e. The molecule has 0 aliphatic carbocycles. The van der Waals surface area contributed by atoms with Crippen LogP contribution in [-0.2, 0) is 4.74 Å². The highest BCUT2D eigenvalue weighted by Crippen LogP contribution is 2.24. The van der Waals surface area contributed by atoms with E-state index in [0.29, 0.717) is 0 Å². The topological polar surface area (TPSA) is 137 Å². The number of ether oxygens (including phenoxy) is 2. The predicted octanol–water partition coefficient (Wildman–Crippen LogP) is -1.44. The lowest BCUT2D eigenvalue weighted by Crippen LogP contribution is -2.60. The molecule has 1 aliphatic rings. The standard InChI is InChI=1S/C13H16O8/c14-5-8-9(15)10(16)11(17)13(21-8)20-7-3-1-2-6(4-7)12(18)19/h1-4,8-11,13-17H,5H2,(H,18,19)/t8-,9+,10+,11-,13+/m1/s1. The molecule has 2 rings (SSSR count). The fourth-order valence-corrected chi connectivity index (χ4v) is 2.00. The third kappa shape index (κ3) is 3.31. The Labute approximate surface area is 119 Å². The van der Waals surface area contributed by atoms with Crippen LogP contribution in [0.4, 0.5) is 0 Å². The molecule has 0 unspecified atom stereocenters. The van der Waals surface area contributed by atoms with Gasteiger partial charge in [0.1, 0.15) is 30.2 Å². The maximum atomic E-state index is 10.9. The normalized spacial score (nSPS) is 32.7. The lowest BCUT2D eigenvalue weighted by Gasteiger charge is -2.39. The number of aromatic carboxylic acids is 1. The Morgan fingerprint density at radius 2 is 1.90 bits per heavy atom. The van der Waals surface area contributed by atoms with Crippen molar-refractivity contribution in [2.75, 3.05) is 6.61 Å². The maximum Gasteiger partial charge on any atom is 0.335 e. The van der Waals surface area contributed by atoms with E-state index >= 15 is 0 Å². The first-order valence-electron chi connectivity index (χ1n) is 6.24. The number of aliphatic hydroxyl groups excluding tert-OH is 4. The number of hydrogen-bond acceptors (Lipinski definition) is 7. The Morgan fingerprint density at radius 3 is 2.52 bits per heavy atom. The molecule has 21 heavy (non-hydrogen) atoms. The predicted molar refractivity (Wildman–Crippen MR) is 67.8 cm³/mol. The SMILES string of the molecule is O=C(O)c1cccc(O[C@H]2O[C@H](CO)[C@H](O)[C@H](O)[C@H]2O)c1. The van der Waals surface area contributed by atoms with E-state index in [2.05, 4.69) is 0 Å². The maximum absolute atomic E-state index is 10.9. The van der Waals surface area contributed by atoms with Gasteiger partial charge >= 0.3 is 5.97 Å². The highest BCUT2D eigenvalue weighted by Gasteiger charge is 2.44. The van der Waals surface area contributed by atoms with E-state index < -0.39 is 43.3 Å². The van der Waals surface area contributed by atoms with Crippen LogP contribution in [0.2, 0.25) is 0 Å². The zero-order valence-electron chi connectivity index (χ0n) is 10.9. The first-order chi connectivity index (χ1) is 9.93. The van der Waals surface area contributed by atoms with E-state index in [1.165, 1.54) is 24.3 Å². The van der Waals surface area contributed by atoms with Crippen LogP contribution in [0.3, 0.4) is 0 Å². The molecule has 1 aromatic rings. The van der Waals surface area contributed by atoms with Crippen molar-refractivity contribution in [3.05, 3.63) is 29.8 Å². The first kappa shape index (κ1) is 15.7. The largest absolute Gasteiger partial charge is 0.478 e. The summed E-state index contributed by atoms with van der Waals surface area (Å²) in [7, 11) is 0. The van der Waals surface area contributed by atoms with Crippen molar-refractivity contribution >= 4 is 5.97 Å². The number of carboxylic acids is 1. The van der Waals surface area contributed by atoms with Crippen molar-refractivity contribution in [1.82, 2.24) is 0 Å². The van der Waals surface area contributed by atoms with Crippen molar-refractivity contribution < 1.29 is 39.8 Å². The summed E-state index contributed by atoms with van der Waals surface area (Å²) in [5.74, 6) is -1.03. The molecule has 0 spiro atoms. The van der Waals surface area contributed by atoms with Crippen LogP contribution in [0.5, 0.6) is 5.75 Å². The summed E-state index contributed by atoms with van der Waals surface area (Å²) in [6, 6.07) is 5.49. The summed E-state index contributed by atoms with van der Waals surface area (Å²) in [5, 5.41) is 47.0. The average molecular weight is 300 g/mol. The minimum absolute atomic E-state index is 0.0166. The molecule has 0 amide bonds. The van der Waals surface area contributed by atoms with Crippen molar-refractivity contribution in [3.8, 4) is 5.75 Å². The molecule has 1 aromatic carbocycles. The zero-order chi connectivity index (χ0) is 15.6. The second kappa shape index (κ2) is 6.37. The molecular formula is C13H16O8. The molecule has 5 atom stereocenters. The molecular weight excluding hydrogens is 284 g/mol. The summed E-state index contributed by atoms with van der Waals surface area (Å²) in [6.07, 6.45) is -7.00. The minimum Gasteiger partial charge on any atom is -0.478 e. The van der Waals surface area contributed by atoms with Crippen LogP contribution in [0, 0.1) is 0 Å². The van der Waals surface area contributed by atoms with Gasteiger partial charge in [-0.25, -0.2) is 4.79 Å². The van der Waals surface area contributed by atoms with Crippen molar-refractivity contribution in [2.45, 2.75) is 30.7 Å². The Bertz CT molecular complexity index is 503. The van der Waals surface area contributed by atoms with E-state index in [1.54, 1.807) is 0 Å². The average Bonchev–Trinajstić information content (AvgIpc) is 2.48. The van der Waals surface area contributed by atoms with Gasteiger partial charge in [-0.2, -0.15) is 0 Å². The zero-order valence-corrected chi connectivity index (χ0v) is 10.9. The number of rotatable bonds is 4. The molecule has 0 bridgehead atoms. The van der Waals surface area contributed by atoms with Crippen LogP contribution >= 0.6 is 0 Å². The molecule has 1 fully saturated rings. The van der Waals surface area contributed by atoms with E-state index in [0.717, 1.165) is 0 Å². The van der Waals surface area contributed by atoms with E-state index in [4.69, 9.17) is 19.7 Å². The summed E-state index contributed by atoms with van der Waals surface area (Å²) in [4.78, 5) is 10.9. The molecule has 8 nitrogen and oxygen atoms in total. The number of aliphatic hydroxyl groups is 4. The summed E-state index contributed by atoms with van der Waals surface area (Å²) in [6.45, 7) is -0.569. The van der Waals surface area contributed by atoms with Crippen molar-refractivity contribution in [3.63, 3.8) is 0 Å². The Kier molecular flexibility index (Phi) is 4.76. The van der Waals surface area contributed by atoms with Gasteiger partial charge in [-0.3, -0.25) is 0 Å². The Hall–Kier alpha value is -1.71. The van der Waals surface area contributed by atoms with Gasteiger partial charge in [0.2, 0.25) is 6.29 Å². The Morgan fingerprint density at radius 1 is 1.19 bits per heavy atom. The van der Waals surface area contributed by atoms with Gasteiger partial charge < -0.3 is 35.0 Å². The van der Waals surface area contributed by atoms with E-state index in [1.807, 2.05) is 0 Å². The first-order valence-corrected chi connectivity index (χ1v) is 6.24. The van der Waals surface area contributed by atoms with E-state index in [9.17, 15) is 20.1 Å². The van der Waals surface area contributed by atoms with Crippen LogP contribution in [0.1, 0.15) is 10.4 Å². The van der Waals surface area contributed by atoms with Gasteiger partial charge in [-0.1, -0.05) is 6.07 Å². The van der Waals surface area contributed by atoms with Crippen LogP contribution in [-0.4, -0.2) is 68.8 Å². The molecule has 0 saturated carbocycles. The van der Waals surface area contributed by atoms with Crippen molar-refractivity contribution in [2.24, 2.45) is 0 Å². The van der Waals surface area contributed by atoms with Crippen LogP contribution in [0.15, 0.2) is 24.3 Å². The fraction of sp³-hybridized carbons (Fsp3) is 0.462. The molecule has 1 aliphatic heterocycles. The fourth-order valence-electron chi connectivity index (χ4n) is 2.00. The summed E-state index contributed by atoms with van der Waals surface area (Å²) < 4.78 is 10.4. The van der Waals surface area contributed by atoms with Crippen LogP contribution < -0.4 is 4.74 Å². The van der Waals surface area contributed by atoms with Gasteiger partial charge in [0.25, 0.3) is 0 Å². The molecule has 116 valence electrons. The molecule has 8 heteroatoms. The van der Waals surface area contributed by atoms with Gasteiger partial charge in [0.05, 0.1) is 12.2 Å². The third-order valence-corrected chi connectivity index (χ3v) is 3.18. The van der Waals surface area contributed by atoms with Crippen molar-refractivity contribution in [1.29, 1.82) is 0 Å². The molecule has 1 saturated heterocycles. The second-order valence-corrected chi connectivity index (χ2v) is 4.65. The lowest BCUT2D eigenvalue weighted by atomic mass is 9.99. The second-order valence-electron chi connectivity index (χ2n) is 4.65. The highest BCUT2D eigenvalue weighted by molar-refractivity contribution is 5.87. The summed E-state index contributed by atoms with van der Waals surface area (Å²) in [5.41, 5.74) is -0.0166. The van der Waals surface area contributed by atoms with Gasteiger partial charge in [0.15, 0.2) is 0 Å². The van der Waals surface area contributed by atoms with Crippen LogP contribution in [0.25, 0.3) is 0 Å². The molecule has 0 aromatic heterocycles. The lowest BCUT2D eigenvalue weighted by molar-refractivity contribution is -0.277. The van der Waals surface area contributed by atoms with Gasteiger partial charge in [-0.05, 0) is 18.2 Å². The molecule has 0 radical (unpaired) electrons. The molecule has 5 N–H and O–H groups in total. The van der Waals surface area contributed by atoms with E-state index in [-0.39, 0.29) is 11.3 Å².